The molecule has 3 aromatic heterocycles. The molecule has 10 nitrogen and oxygen atoms in total. The second kappa shape index (κ2) is 11.7. The first kappa shape index (κ1) is 28.1. The van der Waals surface area contributed by atoms with Gasteiger partial charge >= 0.3 is 6.03 Å². The third-order valence-corrected chi connectivity index (χ3v) is 7.35. The number of halogens is 1. The van der Waals surface area contributed by atoms with Crippen molar-refractivity contribution < 1.29 is 13.9 Å². The van der Waals surface area contributed by atoms with Gasteiger partial charge in [0.15, 0.2) is 0 Å². The Labute approximate surface area is 249 Å². The van der Waals surface area contributed by atoms with Crippen molar-refractivity contribution >= 4 is 17.4 Å². The molecule has 0 spiro atoms. The zero-order chi connectivity index (χ0) is 30.1. The Morgan fingerprint density at radius 1 is 0.953 bits per heavy atom. The minimum atomic E-state index is -0.633. The van der Waals surface area contributed by atoms with Gasteiger partial charge in [0.2, 0.25) is 0 Å². The zero-order valence-electron chi connectivity index (χ0n) is 24.5. The first-order valence-corrected chi connectivity index (χ1v) is 14.1. The van der Waals surface area contributed by atoms with Crippen LogP contribution in [-0.4, -0.2) is 49.1 Å². The lowest BCUT2D eigenvalue weighted by atomic mass is 9.96. The number of benzene rings is 2. The number of anilines is 2. The van der Waals surface area contributed by atoms with Crippen LogP contribution < -0.4 is 15.4 Å². The predicted octanol–water partition coefficient (Wildman–Crippen LogP) is 6.49. The van der Waals surface area contributed by atoms with Crippen molar-refractivity contribution in [3.05, 3.63) is 90.3 Å². The molecule has 0 unspecified atom stereocenters. The Bertz CT molecular complexity index is 1790. The highest BCUT2D eigenvalue weighted by atomic mass is 19.1. The fourth-order valence-electron chi connectivity index (χ4n) is 5.06. The van der Waals surface area contributed by atoms with Gasteiger partial charge in [-0.1, -0.05) is 12.1 Å². The Morgan fingerprint density at radius 3 is 2.53 bits per heavy atom. The van der Waals surface area contributed by atoms with Gasteiger partial charge in [0.05, 0.1) is 23.3 Å². The average Bonchev–Trinajstić information content (AvgIpc) is 3.61. The van der Waals surface area contributed by atoms with E-state index in [2.05, 4.69) is 44.8 Å². The van der Waals surface area contributed by atoms with E-state index in [4.69, 9.17) is 9.84 Å². The molecule has 0 atom stereocenters. The van der Waals surface area contributed by atoms with E-state index in [0.29, 0.717) is 22.8 Å². The highest BCUT2D eigenvalue weighted by molar-refractivity contribution is 6.02. The Kier molecular flexibility index (Phi) is 7.64. The number of likely N-dealkylation sites (N-methyl/N-ethyl adjacent to an activating group) is 1. The number of rotatable bonds is 7. The molecule has 6 rings (SSSR count). The molecular formula is C32H33FN8O2. The van der Waals surface area contributed by atoms with Crippen LogP contribution in [0.1, 0.15) is 31.0 Å². The number of urea groups is 1. The van der Waals surface area contributed by atoms with E-state index in [1.165, 1.54) is 23.3 Å². The van der Waals surface area contributed by atoms with Gasteiger partial charge in [-0.15, -0.1) is 0 Å². The van der Waals surface area contributed by atoms with Crippen LogP contribution in [0.25, 0.3) is 22.5 Å². The number of nitrogens with one attached hydrogen (secondary N) is 2. The quantitative estimate of drug-likeness (QED) is 0.228. The first-order valence-electron chi connectivity index (χ1n) is 14.1. The van der Waals surface area contributed by atoms with Gasteiger partial charge in [-0.05, 0) is 62.7 Å². The fourth-order valence-corrected chi connectivity index (χ4v) is 5.06. The van der Waals surface area contributed by atoms with E-state index in [9.17, 15) is 4.79 Å². The topological polar surface area (TPSA) is 102 Å². The molecule has 4 heterocycles. The van der Waals surface area contributed by atoms with Crippen molar-refractivity contribution in [2.75, 3.05) is 24.2 Å². The minimum Gasteiger partial charge on any atom is -0.457 e. The van der Waals surface area contributed by atoms with Crippen molar-refractivity contribution in [1.82, 2.24) is 29.4 Å². The molecule has 1 aliphatic heterocycles. The van der Waals surface area contributed by atoms with Crippen molar-refractivity contribution in [1.29, 1.82) is 0 Å². The molecule has 11 heteroatoms. The maximum atomic E-state index is 15.1. The number of fused-ring (bicyclic) bond motifs is 1. The summed E-state index contributed by atoms with van der Waals surface area (Å²) in [6.45, 7) is 5.94. The van der Waals surface area contributed by atoms with E-state index in [1.807, 2.05) is 37.8 Å². The van der Waals surface area contributed by atoms with Crippen LogP contribution in [0, 0.1) is 5.82 Å². The van der Waals surface area contributed by atoms with Gasteiger partial charge in [0.25, 0.3) is 0 Å². The average molecular weight is 581 g/mol. The normalized spacial score (nSPS) is 13.2. The smallest absolute Gasteiger partial charge is 0.323 e. The van der Waals surface area contributed by atoms with Crippen LogP contribution in [0.5, 0.6) is 11.5 Å². The van der Waals surface area contributed by atoms with Gasteiger partial charge in [-0.3, -0.25) is 14.3 Å². The summed E-state index contributed by atoms with van der Waals surface area (Å²) in [5, 5.41) is 14.4. The maximum Gasteiger partial charge on any atom is 0.323 e. The molecular weight excluding hydrogens is 547 g/mol. The molecule has 2 aromatic carbocycles. The molecule has 2 amide bonds. The highest BCUT2D eigenvalue weighted by Gasteiger charge is 2.19. The summed E-state index contributed by atoms with van der Waals surface area (Å²) in [6.07, 6.45) is 7.98. The highest BCUT2D eigenvalue weighted by Crippen LogP contribution is 2.32. The number of aromatic nitrogens is 5. The van der Waals surface area contributed by atoms with Crippen molar-refractivity contribution in [2.45, 2.75) is 32.9 Å². The largest absolute Gasteiger partial charge is 0.457 e. The first-order chi connectivity index (χ1) is 20.7. The molecule has 220 valence electrons. The lowest BCUT2D eigenvalue weighted by molar-refractivity contribution is 0.262. The van der Waals surface area contributed by atoms with Crippen LogP contribution in [0.3, 0.4) is 0 Å². The van der Waals surface area contributed by atoms with Gasteiger partial charge in [-0.2, -0.15) is 10.2 Å². The molecule has 0 aliphatic carbocycles. The number of hydrogen-bond acceptors (Lipinski definition) is 6. The summed E-state index contributed by atoms with van der Waals surface area (Å²) in [5.41, 5.74) is 6.24. The lowest BCUT2D eigenvalue weighted by Gasteiger charge is -2.25. The summed E-state index contributed by atoms with van der Waals surface area (Å²) in [7, 11) is 3.94. The van der Waals surface area contributed by atoms with Gasteiger partial charge < -0.3 is 20.3 Å². The number of pyridine rings is 1. The molecule has 5 aromatic rings. The third kappa shape index (κ3) is 6.26. The Morgan fingerprint density at radius 2 is 1.77 bits per heavy atom. The van der Waals surface area contributed by atoms with Gasteiger partial charge in [0, 0.05) is 68.0 Å². The summed E-state index contributed by atoms with van der Waals surface area (Å²) >= 11 is 0. The van der Waals surface area contributed by atoms with E-state index in [0.717, 1.165) is 30.6 Å². The predicted molar refractivity (Wildman–Crippen MR) is 164 cm³/mol. The molecule has 0 fully saturated rings. The number of carbonyl (C=O) groups excluding carboxylic acids is 1. The summed E-state index contributed by atoms with van der Waals surface area (Å²) in [6, 6.07) is 13.6. The number of aryl methyl sites for hydroxylation is 1. The lowest BCUT2D eigenvalue weighted by Crippen LogP contribution is -2.26. The second-order valence-corrected chi connectivity index (χ2v) is 11.0. The standard InChI is InChI=1S/C32H33FN8O2/c1-20(2)41-19-30(31(38-41)22-6-5-21-10-12-39(3)17-23(21)13-22)37-32(42)36-28-8-7-25(14-27(28)33)43-26-9-11-34-29(15-26)24-16-35-40(4)18-24/h5-9,11,13-16,18-20H,10,12,17H2,1-4H3,(H2,36,37,42). The Balaban J connectivity index is 1.17. The zero-order valence-corrected chi connectivity index (χ0v) is 24.5. The molecule has 1 aliphatic rings. The van der Waals surface area contributed by atoms with Crippen LogP contribution in [0.15, 0.2) is 73.3 Å². The molecule has 0 radical (unpaired) electrons. The van der Waals surface area contributed by atoms with Gasteiger partial charge in [0.1, 0.15) is 23.0 Å². The SMILES string of the molecule is CC(C)n1cc(NC(=O)Nc2ccc(Oc3ccnc(-c4cnn(C)c4)c3)cc2F)c(-c2ccc3c(c2)CN(C)CC3)n1. The van der Waals surface area contributed by atoms with Crippen molar-refractivity contribution in [2.24, 2.45) is 7.05 Å². The number of nitrogens with zero attached hydrogens (tertiary/aromatic N) is 6. The summed E-state index contributed by atoms with van der Waals surface area (Å²) in [4.78, 5) is 19.7. The minimum absolute atomic E-state index is 0.0187. The molecule has 0 saturated heterocycles. The van der Waals surface area contributed by atoms with Crippen LogP contribution >= 0.6 is 0 Å². The Hall–Kier alpha value is -5.03. The van der Waals surface area contributed by atoms with Gasteiger partial charge in [-0.25, -0.2) is 9.18 Å². The maximum absolute atomic E-state index is 15.1. The van der Waals surface area contributed by atoms with E-state index in [-0.39, 0.29) is 17.5 Å². The summed E-state index contributed by atoms with van der Waals surface area (Å²) in [5.74, 6) is 0.145. The van der Waals surface area contributed by atoms with Crippen molar-refractivity contribution in [3.8, 4) is 34.0 Å². The molecule has 0 saturated carbocycles. The number of ether oxygens (including phenoxy) is 1. The third-order valence-electron chi connectivity index (χ3n) is 7.35. The van der Waals surface area contributed by atoms with E-state index in [1.54, 1.807) is 41.5 Å². The molecule has 0 bridgehead atoms. The van der Waals surface area contributed by atoms with Crippen LogP contribution in [0.4, 0.5) is 20.6 Å². The summed E-state index contributed by atoms with van der Waals surface area (Å²) < 4.78 is 24.4. The van der Waals surface area contributed by atoms with E-state index < -0.39 is 11.8 Å². The van der Waals surface area contributed by atoms with Crippen LogP contribution in [0.2, 0.25) is 0 Å². The molecule has 2 N–H and O–H groups in total. The number of carbonyl (C=O) groups is 1. The monoisotopic (exact) mass is 580 g/mol. The second-order valence-electron chi connectivity index (χ2n) is 11.0. The fraction of sp³-hybridized carbons (Fsp3) is 0.250. The van der Waals surface area contributed by atoms with E-state index >= 15 is 4.39 Å². The number of amides is 2. The van der Waals surface area contributed by atoms with Crippen molar-refractivity contribution in [3.63, 3.8) is 0 Å². The van der Waals surface area contributed by atoms with Crippen LogP contribution in [-0.2, 0) is 20.0 Å². The molecule has 43 heavy (non-hydrogen) atoms. The number of hydrogen-bond donors (Lipinski definition) is 2.